The Morgan fingerprint density at radius 3 is 2.83 bits per heavy atom. The number of fused-ring (bicyclic) bond motifs is 4. The monoisotopic (exact) mass is 314 g/mol. The van der Waals surface area contributed by atoms with Crippen LogP contribution in [0.25, 0.3) is 5.76 Å². The van der Waals surface area contributed by atoms with Gasteiger partial charge in [-0.05, 0) is 37.3 Å². The van der Waals surface area contributed by atoms with Gasteiger partial charge in [0, 0.05) is 17.0 Å². The Balaban J connectivity index is 1.98. The maximum Gasteiger partial charge on any atom is 0.234 e. The minimum atomic E-state index is -0.981. The molecule has 23 heavy (non-hydrogen) atoms. The number of ether oxygens (including phenoxy) is 1. The number of hydrogen-bond donors (Lipinski definition) is 2. The first kappa shape index (κ1) is 14.6. The highest BCUT2D eigenvalue weighted by atomic mass is 16.5. The average Bonchev–Trinajstić information content (AvgIpc) is 2.95. The van der Waals surface area contributed by atoms with Gasteiger partial charge in [0.2, 0.25) is 11.6 Å². The van der Waals surface area contributed by atoms with Crippen LogP contribution in [0.15, 0.2) is 17.7 Å². The molecule has 2 aliphatic carbocycles. The van der Waals surface area contributed by atoms with Crippen molar-refractivity contribution in [3.63, 3.8) is 0 Å². The lowest BCUT2D eigenvalue weighted by molar-refractivity contribution is -0.112. The molecule has 5 nitrogen and oxygen atoms in total. The zero-order chi connectivity index (χ0) is 16.4. The van der Waals surface area contributed by atoms with Crippen molar-refractivity contribution in [1.29, 1.82) is 0 Å². The van der Waals surface area contributed by atoms with Crippen LogP contribution in [0.5, 0.6) is 0 Å². The Morgan fingerprint density at radius 1 is 1.30 bits per heavy atom. The van der Waals surface area contributed by atoms with Gasteiger partial charge in [-0.2, -0.15) is 0 Å². The molecule has 0 unspecified atom stereocenters. The van der Waals surface area contributed by atoms with Gasteiger partial charge in [0.1, 0.15) is 5.76 Å². The first-order valence-corrected chi connectivity index (χ1v) is 7.91. The van der Waals surface area contributed by atoms with Crippen molar-refractivity contribution in [2.45, 2.75) is 31.8 Å². The number of aliphatic hydroxyl groups excluding tert-OH is 1. The van der Waals surface area contributed by atoms with Crippen molar-refractivity contribution < 1.29 is 24.5 Å². The van der Waals surface area contributed by atoms with Gasteiger partial charge in [-0.3, -0.25) is 9.59 Å². The Labute approximate surface area is 133 Å². The molecule has 2 N–H and O–H groups in total. The van der Waals surface area contributed by atoms with Crippen LogP contribution in [0.1, 0.15) is 46.8 Å². The molecule has 1 aliphatic heterocycles. The summed E-state index contributed by atoms with van der Waals surface area (Å²) in [6.45, 7) is 1.74. The van der Waals surface area contributed by atoms with Gasteiger partial charge in [-0.15, -0.1) is 0 Å². The van der Waals surface area contributed by atoms with E-state index in [0.29, 0.717) is 35.3 Å². The van der Waals surface area contributed by atoms with E-state index in [1.807, 2.05) is 6.07 Å². The number of carbonyl (C=O) groups is 2. The maximum atomic E-state index is 12.7. The fourth-order valence-electron chi connectivity index (χ4n) is 4.03. The lowest BCUT2D eigenvalue weighted by Crippen LogP contribution is -2.32. The molecule has 120 valence electrons. The summed E-state index contributed by atoms with van der Waals surface area (Å²) >= 11 is 0. The number of aliphatic hydroxyl groups is 2. The minimum absolute atomic E-state index is 0.215. The molecule has 4 rings (SSSR count). The first-order valence-electron chi connectivity index (χ1n) is 7.91. The summed E-state index contributed by atoms with van der Waals surface area (Å²) < 4.78 is 5.63. The lowest BCUT2D eigenvalue weighted by atomic mass is 9.73. The third kappa shape index (κ3) is 1.87. The van der Waals surface area contributed by atoms with Crippen molar-refractivity contribution in [2.75, 3.05) is 13.2 Å². The van der Waals surface area contributed by atoms with Crippen molar-refractivity contribution in [2.24, 2.45) is 5.92 Å². The Hall–Kier alpha value is -1.98. The molecule has 2 atom stereocenters. The van der Waals surface area contributed by atoms with E-state index < -0.39 is 23.1 Å². The topological polar surface area (TPSA) is 83.8 Å². The molecule has 0 amide bonds. The van der Waals surface area contributed by atoms with Crippen LogP contribution in [0.4, 0.5) is 0 Å². The number of rotatable bonds is 1. The summed E-state index contributed by atoms with van der Waals surface area (Å²) in [7, 11) is 0. The van der Waals surface area contributed by atoms with E-state index in [9.17, 15) is 19.8 Å². The standard InChI is InChI=1S/C18H18O5/c1-18(22)6-2-3-10-12(18)5-4-11-14(10)16(21)15(20)13-9(7-19)8-23-17(11)13/h4-5,9,19,22H,2-3,6-8H2,1H3/t9-,18+/m0/s1. The van der Waals surface area contributed by atoms with Crippen molar-refractivity contribution in [3.05, 3.63) is 40.0 Å². The fourth-order valence-corrected chi connectivity index (χ4v) is 4.03. The van der Waals surface area contributed by atoms with Crippen LogP contribution in [0.3, 0.4) is 0 Å². The molecule has 0 saturated heterocycles. The van der Waals surface area contributed by atoms with Crippen molar-refractivity contribution >= 4 is 17.3 Å². The van der Waals surface area contributed by atoms with E-state index in [1.165, 1.54) is 0 Å². The zero-order valence-electron chi connectivity index (χ0n) is 12.9. The number of hydrogen-bond acceptors (Lipinski definition) is 5. The molecule has 1 aromatic carbocycles. The molecule has 0 saturated carbocycles. The van der Waals surface area contributed by atoms with Crippen LogP contribution >= 0.6 is 0 Å². The van der Waals surface area contributed by atoms with E-state index in [0.717, 1.165) is 17.5 Å². The molecule has 1 heterocycles. The van der Waals surface area contributed by atoms with Crippen LogP contribution in [-0.4, -0.2) is 35.0 Å². The predicted octanol–water partition coefficient (Wildman–Crippen LogP) is 1.35. The summed E-state index contributed by atoms with van der Waals surface area (Å²) in [5.74, 6) is -1.13. The van der Waals surface area contributed by atoms with Gasteiger partial charge < -0.3 is 14.9 Å². The molecule has 5 heteroatoms. The summed E-state index contributed by atoms with van der Waals surface area (Å²) in [5.41, 5.74) is 1.81. The SMILES string of the molecule is C[C@@]1(O)CCCc2c1ccc1c2C(=O)C(=O)C2=C1OC[C@@H]2CO. The Kier molecular flexibility index (Phi) is 3.02. The van der Waals surface area contributed by atoms with Gasteiger partial charge in [0.15, 0.2) is 0 Å². The van der Waals surface area contributed by atoms with Crippen LogP contribution in [0, 0.1) is 5.92 Å². The van der Waals surface area contributed by atoms with Gasteiger partial charge in [0.05, 0.1) is 24.4 Å². The van der Waals surface area contributed by atoms with Crippen LogP contribution in [0.2, 0.25) is 0 Å². The largest absolute Gasteiger partial charge is 0.492 e. The molecule has 0 bridgehead atoms. The maximum absolute atomic E-state index is 12.7. The third-order valence-corrected chi connectivity index (χ3v) is 5.21. The molecule has 1 aromatic rings. The second-order valence-corrected chi connectivity index (χ2v) is 6.73. The highest BCUT2D eigenvalue weighted by Gasteiger charge is 2.44. The molecule has 0 fully saturated rings. The second-order valence-electron chi connectivity index (χ2n) is 6.73. The molecule has 3 aliphatic rings. The number of ketones is 2. The van der Waals surface area contributed by atoms with Crippen LogP contribution < -0.4 is 0 Å². The number of carbonyl (C=O) groups excluding carboxylic acids is 2. The smallest absolute Gasteiger partial charge is 0.234 e. The number of Topliss-reactive ketones (excluding diaryl/α,β-unsaturated/α-hetero) is 2. The van der Waals surface area contributed by atoms with Crippen molar-refractivity contribution in [1.82, 2.24) is 0 Å². The highest BCUT2D eigenvalue weighted by molar-refractivity contribution is 6.52. The lowest BCUT2D eigenvalue weighted by Gasteiger charge is -2.33. The summed E-state index contributed by atoms with van der Waals surface area (Å²) in [5, 5.41) is 20.0. The van der Waals surface area contributed by atoms with Gasteiger partial charge in [-0.25, -0.2) is 0 Å². The Bertz CT molecular complexity index is 772. The summed E-state index contributed by atoms with van der Waals surface area (Å²) in [6, 6.07) is 3.59. The zero-order valence-corrected chi connectivity index (χ0v) is 12.9. The Morgan fingerprint density at radius 2 is 2.09 bits per heavy atom. The fraction of sp³-hybridized carbons (Fsp3) is 0.444. The summed E-state index contributed by atoms with van der Waals surface area (Å²) in [6.07, 6.45) is 2.07. The number of benzene rings is 1. The minimum Gasteiger partial charge on any atom is -0.492 e. The van der Waals surface area contributed by atoms with Gasteiger partial charge >= 0.3 is 0 Å². The highest BCUT2D eigenvalue weighted by Crippen LogP contribution is 2.44. The molecule has 0 radical (unpaired) electrons. The van der Waals surface area contributed by atoms with E-state index in [1.54, 1.807) is 13.0 Å². The quantitative estimate of drug-likeness (QED) is 0.764. The average molecular weight is 314 g/mol. The molecule has 0 aromatic heterocycles. The third-order valence-electron chi connectivity index (χ3n) is 5.21. The van der Waals surface area contributed by atoms with Crippen LogP contribution in [-0.2, 0) is 21.6 Å². The normalized spacial score (nSPS) is 29.1. The van der Waals surface area contributed by atoms with E-state index in [2.05, 4.69) is 0 Å². The van der Waals surface area contributed by atoms with E-state index >= 15 is 0 Å². The predicted molar refractivity (Wildman–Crippen MR) is 81.7 cm³/mol. The van der Waals surface area contributed by atoms with E-state index in [4.69, 9.17) is 4.74 Å². The molecular weight excluding hydrogens is 296 g/mol. The molecule has 0 spiro atoms. The van der Waals surface area contributed by atoms with E-state index in [-0.39, 0.29) is 13.2 Å². The van der Waals surface area contributed by atoms with Crippen molar-refractivity contribution in [3.8, 4) is 0 Å². The van der Waals surface area contributed by atoms with Gasteiger partial charge in [0.25, 0.3) is 0 Å². The van der Waals surface area contributed by atoms with Gasteiger partial charge in [-0.1, -0.05) is 12.1 Å². The summed E-state index contributed by atoms with van der Waals surface area (Å²) in [4.78, 5) is 25.2. The first-order chi connectivity index (χ1) is 11.0. The molecular formula is C18H18O5. The second kappa shape index (κ2) is 4.76.